The predicted molar refractivity (Wildman–Crippen MR) is 68.7 cm³/mol. The van der Waals surface area contributed by atoms with Gasteiger partial charge in [0.2, 0.25) is 5.91 Å². The smallest absolute Gasteiger partial charge is 0.243 e. The summed E-state index contributed by atoms with van der Waals surface area (Å²) in [6, 6.07) is 0. The Hall–Kier alpha value is -0.830. The molecular formula is C14H25NO2. The van der Waals surface area contributed by atoms with E-state index < -0.39 is 0 Å². The van der Waals surface area contributed by atoms with Gasteiger partial charge in [0.1, 0.15) is 0 Å². The molecule has 0 saturated heterocycles. The maximum Gasteiger partial charge on any atom is 0.243 e. The highest BCUT2D eigenvalue weighted by molar-refractivity contribution is 5.74. The summed E-state index contributed by atoms with van der Waals surface area (Å²) in [4.78, 5) is 10.9. The molecule has 0 radical (unpaired) electrons. The van der Waals surface area contributed by atoms with Gasteiger partial charge in [-0.05, 0) is 38.0 Å². The van der Waals surface area contributed by atoms with Crippen molar-refractivity contribution in [2.75, 3.05) is 0 Å². The summed E-state index contributed by atoms with van der Waals surface area (Å²) < 4.78 is 0. The van der Waals surface area contributed by atoms with Crippen molar-refractivity contribution in [1.82, 2.24) is 5.48 Å². The van der Waals surface area contributed by atoms with Crippen molar-refractivity contribution in [2.24, 2.45) is 11.8 Å². The molecule has 1 unspecified atom stereocenters. The molecule has 3 heteroatoms. The lowest BCUT2D eigenvalue weighted by molar-refractivity contribution is -0.130. The molecule has 1 fully saturated rings. The minimum atomic E-state index is -0.285. The van der Waals surface area contributed by atoms with Crippen LogP contribution in [0, 0.1) is 11.8 Å². The minimum Gasteiger partial charge on any atom is -0.289 e. The SMILES string of the molecule is C/C(=C\CCC(C)CC(=O)NO)CC1CCC1. The molecule has 1 rings (SSSR count). The van der Waals surface area contributed by atoms with E-state index in [1.807, 2.05) is 6.92 Å². The van der Waals surface area contributed by atoms with Gasteiger partial charge in [-0.3, -0.25) is 10.0 Å². The standard InChI is InChI=1S/C14H25NO2/c1-11(9-13-7-4-8-13)5-3-6-12(2)10-14(16)15-17/h5,12-13,17H,3-4,6-10H2,1-2H3,(H,15,16)/b11-5+. The third-order valence-electron chi connectivity index (χ3n) is 3.65. The van der Waals surface area contributed by atoms with Crippen LogP contribution in [0.4, 0.5) is 0 Å². The number of hydroxylamine groups is 1. The maximum absolute atomic E-state index is 10.9. The Labute approximate surface area is 104 Å². The molecule has 3 nitrogen and oxygen atoms in total. The quantitative estimate of drug-likeness (QED) is 0.406. The molecule has 0 heterocycles. The number of amides is 1. The van der Waals surface area contributed by atoms with Crippen LogP contribution in [0.3, 0.4) is 0 Å². The summed E-state index contributed by atoms with van der Waals surface area (Å²) in [5.74, 6) is 0.978. The molecule has 0 aromatic carbocycles. The molecule has 17 heavy (non-hydrogen) atoms. The summed E-state index contributed by atoms with van der Waals surface area (Å²) in [6.07, 6.45) is 10.2. The average Bonchev–Trinajstić information content (AvgIpc) is 2.23. The average molecular weight is 239 g/mol. The van der Waals surface area contributed by atoms with Crippen LogP contribution >= 0.6 is 0 Å². The van der Waals surface area contributed by atoms with Gasteiger partial charge in [-0.1, -0.05) is 37.8 Å². The largest absolute Gasteiger partial charge is 0.289 e. The van der Waals surface area contributed by atoms with E-state index in [-0.39, 0.29) is 5.91 Å². The van der Waals surface area contributed by atoms with Crippen molar-refractivity contribution in [3.8, 4) is 0 Å². The minimum absolute atomic E-state index is 0.285. The van der Waals surface area contributed by atoms with Crippen LogP contribution in [0.5, 0.6) is 0 Å². The highest BCUT2D eigenvalue weighted by Gasteiger charge is 2.17. The zero-order valence-electron chi connectivity index (χ0n) is 11.0. The van der Waals surface area contributed by atoms with Crippen LogP contribution in [0.2, 0.25) is 0 Å². The highest BCUT2D eigenvalue weighted by atomic mass is 16.5. The maximum atomic E-state index is 10.9. The lowest BCUT2D eigenvalue weighted by atomic mass is 9.81. The molecule has 0 bridgehead atoms. The third-order valence-corrected chi connectivity index (χ3v) is 3.65. The zero-order chi connectivity index (χ0) is 12.7. The van der Waals surface area contributed by atoms with E-state index in [0.29, 0.717) is 12.3 Å². The summed E-state index contributed by atoms with van der Waals surface area (Å²) >= 11 is 0. The first kappa shape index (κ1) is 14.2. The topological polar surface area (TPSA) is 49.3 Å². The first-order chi connectivity index (χ1) is 8.11. The number of hydrogen-bond donors (Lipinski definition) is 2. The molecule has 2 N–H and O–H groups in total. The van der Waals surface area contributed by atoms with E-state index in [9.17, 15) is 4.79 Å². The van der Waals surface area contributed by atoms with Crippen molar-refractivity contribution in [3.05, 3.63) is 11.6 Å². The van der Waals surface area contributed by atoms with E-state index >= 15 is 0 Å². The first-order valence-corrected chi connectivity index (χ1v) is 6.70. The van der Waals surface area contributed by atoms with Gasteiger partial charge in [-0.2, -0.15) is 0 Å². The summed E-state index contributed by atoms with van der Waals surface area (Å²) in [6.45, 7) is 4.26. The Morgan fingerprint density at radius 2 is 2.24 bits per heavy atom. The Kier molecular flexibility index (Phi) is 6.27. The Morgan fingerprint density at radius 3 is 2.76 bits per heavy atom. The van der Waals surface area contributed by atoms with Crippen molar-refractivity contribution in [2.45, 2.75) is 58.8 Å². The zero-order valence-corrected chi connectivity index (χ0v) is 11.0. The van der Waals surface area contributed by atoms with E-state index in [2.05, 4.69) is 13.0 Å². The summed E-state index contributed by atoms with van der Waals surface area (Å²) in [5, 5.41) is 8.42. The number of carbonyl (C=O) groups is 1. The van der Waals surface area contributed by atoms with Crippen LogP contribution in [0.15, 0.2) is 11.6 Å². The van der Waals surface area contributed by atoms with Gasteiger partial charge in [0.05, 0.1) is 0 Å². The molecule has 1 saturated carbocycles. The second kappa shape index (κ2) is 7.49. The molecule has 1 aliphatic carbocycles. The molecular weight excluding hydrogens is 214 g/mol. The predicted octanol–water partition coefficient (Wildman–Crippen LogP) is 3.43. The van der Waals surface area contributed by atoms with Crippen LogP contribution in [-0.2, 0) is 4.79 Å². The van der Waals surface area contributed by atoms with Crippen molar-refractivity contribution in [3.63, 3.8) is 0 Å². The van der Waals surface area contributed by atoms with Gasteiger partial charge in [0, 0.05) is 6.42 Å². The van der Waals surface area contributed by atoms with Gasteiger partial charge in [-0.25, -0.2) is 5.48 Å². The highest BCUT2D eigenvalue weighted by Crippen LogP contribution is 2.32. The Morgan fingerprint density at radius 1 is 1.53 bits per heavy atom. The van der Waals surface area contributed by atoms with E-state index in [0.717, 1.165) is 18.8 Å². The number of carbonyl (C=O) groups excluding carboxylic acids is 1. The van der Waals surface area contributed by atoms with Gasteiger partial charge in [0.25, 0.3) is 0 Å². The van der Waals surface area contributed by atoms with E-state index in [1.54, 1.807) is 5.48 Å². The molecule has 1 atom stereocenters. The molecule has 0 aromatic heterocycles. The Balaban J connectivity index is 2.11. The molecule has 1 amide bonds. The molecule has 0 aromatic rings. The normalized spacial score (nSPS) is 18.6. The molecule has 0 aliphatic heterocycles. The van der Waals surface area contributed by atoms with Gasteiger partial charge < -0.3 is 0 Å². The van der Waals surface area contributed by atoms with Gasteiger partial charge >= 0.3 is 0 Å². The van der Waals surface area contributed by atoms with E-state index in [4.69, 9.17) is 5.21 Å². The van der Waals surface area contributed by atoms with Crippen LogP contribution in [0.1, 0.15) is 58.8 Å². The van der Waals surface area contributed by atoms with Gasteiger partial charge in [0.15, 0.2) is 0 Å². The van der Waals surface area contributed by atoms with Crippen LogP contribution < -0.4 is 5.48 Å². The van der Waals surface area contributed by atoms with E-state index in [1.165, 1.54) is 31.3 Å². The second-order valence-electron chi connectivity index (χ2n) is 5.47. The lowest BCUT2D eigenvalue weighted by Gasteiger charge is -2.25. The fourth-order valence-electron chi connectivity index (χ4n) is 2.31. The number of hydrogen-bond acceptors (Lipinski definition) is 2. The number of allylic oxidation sites excluding steroid dienone is 2. The molecule has 0 spiro atoms. The lowest BCUT2D eigenvalue weighted by Crippen LogP contribution is -2.20. The molecule has 1 aliphatic rings. The monoisotopic (exact) mass is 239 g/mol. The van der Waals surface area contributed by atoms with Crippen molar-refractivity contribution in [1.29, 1.82) is 0 Å². The van der Waals surface area contributed by atoms with Gasteiger partial charge in [-0.15, -0.1) is 0 Å². The third kappa shape index (κ3) is 5.87. The summed E-state index contributed by atoms with van der Waals surface area (Å²) in [7, 11) is 0. The fraction of sp³-hybridized carbons (Fsp3) is 0.786. The number of nitrogens with one attached hydrogen (secondary N) is 1. The second-order valence-corrected chi connectivity index (χ2v) is 5.47. The van der Waals surface area contributed by atoms with Crippen LogP contribution in [0.25, 0.3) is 0 Å². The molecule has 98 valence electrons. The van der Waals surface area contributed by atoms with Crippen molar-refractivity contribution < 1.29 is 10.0 Å². The first-order valence-electron chi connectivity index (χ1n) is 6.70. The number of rotatable bonds is 7. The Bertz CT molecular complexity index is 269. The van der Waals surface area contributed by atoms with Crippen molar-refractivity contribution >= 4 is 5.91 Å². The fourth-order valence-corrected chi connectivity index (χ4v) is 2.31. The summed E-state index contributed by atoms with van der Waals surface area (Å²) in [5.41, 5.74) is 3.18. The van der Waals surface area contributed by atoms with Crippen LogP contribution in [-0.4, -0.2) is 11.1 Å².